The molecule has 0 saturated heterocycles. The Balaban J connectivity index is 1.32. The number of thioether (sulfide) groups is 1. The highest BCUT2D eigenvalue weighted by atomic mass is 32.2. The quantitative estimate of drug-likeness (QED) is 0.265. The van der Waals surface area contributed by atoms with Crippen molar-refractivity contribution in [1.82, 2.24) is 15.2 Å². The molecule has 1 amide bonds. The molecule has 1 aliphatic carbocycles. The number of rotatable bonds is 6. The van der Waals surface area contributed by atoms with Gasteiger partial charge in [-0.3, -0.25) is 4.79 Å². The monoisotopic (exact) mass is 539 g/mol. The average Bonchev–Trinajstić information content (AvgIpc) is 3.28. The molecule has 6 nitrogen and oxygen atoms in total. The Morgan fingerprint density at radius 2 is 1.71 bits per heavy atom. The van der Waals surface area contributed by atoms with E-state index >= 15 is 0 Å². The third kappa shape index (κ3) is 5.64. The van der Waals surface area contributed by atoms with E-state index in [1.807, 2.05) is 60.7 Å². The number of anilines is 1. The smallest absolute Gasteiger partial charge is 0.235 e. The summed E-state index contributed by atoms with van der Waals surface area (Å²) in [5.41, 5.74) is 5.23. The van der Waals surface area contributed by atoms with Gasteiger partial charge in [-0.1, -0.05) is 93.2 Å². The van der Waals surface area contributed by atoms with Gasteiger partial charge in [0.05, 0.1) is 11.3 Å². The summed E-state index contributed by atoms with van der Waals surface area (Å²) in [6.07, 6.45) is 2.91. The lowest BCUT2D eigenvalue weighted by Crippen LogP contribution is -2.26. The minimum atomic E-state index is -0.186. The number of aromatic nitrogens is 3. The summed E-state index contributed by atoms with van der Waals surface area (Å²) in [7, 11) is 0. The molecule has 8 heteroatoms. The van der Waals surface area contributed by atoms with Gasteiger partial charge in [-0.2, -0.15) is 5.26 Å². The van der Waals surface area contributed by atoms with E-state index in [4.69, 9.17) is 4.98 Å². The zero-order chi connectivity index (χ0) is 26.7. The van der Waals surface area contributed by atoms with Gasteiger partial charge in [0, 0.05) is 16.0 Å². The van der Waals surface area contributed by atoms with Crippen LogP contribution in [0.3, 0.4) is 0 Å². The molecule has 1 atom stereocenters. The minimum absolute atomic E-state index is 0.124. The second-order valence-corrected chi connectivity index (χ2v) is 12.5. The van der Waals surface area contributed by atoms with Crippen molar-refractivity contribution < 1.29 is 4.79 Å². The molecule has 1 aliphatic rings. The van der Waals surface area contributed by atoms with Gasteiger partial charge in [-0.15, -0.1) is 21.5 Å². The van der Waals surface area contributed by atoms with Gasteiger partial charge in [-0.25, -0.2) is 4.98 Å². The largest absolute Gasteiger partial charge is 0.316 e. The summed E-state index contributed by atoms with van der Waals surface area (Å²) < 4.78 is 0. The summed E-state index contributed by atoms with van der Waals surface area (Å²) >= 11 is 2.79. The summed E-state index contributed by atoms with van der Waals surface area (Å²) in [4.78, 5) is 18.9. The van der Waals surface area contributed by atoms with Gasteiger partial charge < -0.3 is 5.32 Å². The predicted octanol–water partition coefficient (Wildman–Crippen LogP) is 7.02. The topological polar surface area (TPSA) is 91.6 Å². The number of nitriles is 1. The highest BCUT2D eigenvalue weighted by Gasteiger charge is 2.32. The van der Waals surface area contributed by atoms with E-state index < -0.39 is 0 Å². The predicted molar refractivity (Wildman–Crippen MR) is 154 cm³/mol. The lowest BCUT2D eigenvalue weighted by molar-refractivity contribution is -0.113. The molecule has 4 aromatic rings. The standard InChI is InChI=1S/C30H29N5OS2/c1-30(2,3)21-14-15-22-23(17-31)28(38-24(22)16-21)32-25(36)18-37-29-33-26(19-10-6-4-7-11-19)27(34-35-29)20-12-8-5-9-13-20/h4-13,21H,14-16,18H2,1-3H3,(H,32,36)/t21-/m1/s1. The maximum Gasteiger partial charge on any atom is 0.235 e. The Labute approximate surface area is 231 Å². The second-order valence-electron chi connectivity index (χ2n) is 10.5. The van der Waals surface area contributed by atoms with E-state index in [9.17, 15) is 10.1 Å². The van der Waals surface area contributed by atoms with Crippen LogP contribution in [0.5, 0.6) is 0 Å². The molecule has 38 heavy (non-hydrogen) atoms. The van der Waals surface area contributed by atoms with Gasteiger partial charge in [0.25, 0.3) is 0 Å². The molecule has 2 aromatic carbocycles. The fraction of sp³-hybridized carbons (Fsp3) is 0.300. The van der Waals surface area contributed by atoms with Crippen LogP contribution in [0.15, 0.2) is 65.8 Å². The van der Waals surface area contributed by atoms with Crippen molar-refractivity contribution in [2.75, 3.05) is 11.1 Å². The first-order valence-corrected chi connectivity index (χ1v) is 14.5. The maximum atomic E-state index is 12.9. The van der Waals surface area contributed by atoms with Crippen LogP contribution in [-0.4, -0.2) is 26.8 Å². The maximum absolute atomic E-state index is 12.9. The summed E-state index contributed by atoms with van der Waals surface area (Å²) in [5, 5.41) is 22.7. The average molecular weight is 540 g/mol. The zero-order valence-electron chi connectivity index (χ0n) is 21.7. The summed E-state index contributed by atoms with van der Waals surface area (Å²) in [6, 6.07) is 22.0. The molecule has 0 spiro atoms. The highest BCUT2D eigenvalue weighted by molar-refractivity contribution is 7.99. The molecule has 0 aliphatic heterocycles. The number of nitrogens with zero attached hydrogens (tertiary/aromatic N) is 4. The summed E-state index contributed by atoms with van der Waals surface area (Å²) in [6.45, 7) is 6.82. The highest BCUT2D eigenvalue weighted by Crippen LogP contribution is 2.44. The van der Waals surface area contributed by atoms with Gasteiger partial charge >= 0.3 is 0 Å². The molecule has 1 N–H and O–H groups in total. The number of fused-ring (bicyclic) bond motifs is 1. The Morgan fingerprint density at radius 3 is 2.34 bits per heavy atom. The molecule has 0 radical (unpaired) electrons. The molecule has 0 unspecified atom stereocenters. The van der Waals surface area contributed by atoms with E-state index in [0.717, 1.165) is 41.6 Å². The molecule has 2 heterocycles. The van der Waals surface area contributed by atoms with Crippen molar-refractivity contribution in [3.05, 3.63) is 76.7 Å². The number of nitrogens with one attached hydrogen (secondary N) is 1. The van der Waals surface area contributed by atoms with Gasteiger partial charge in [0.1, 0.15) is 22.5 Å². The van der Waals surface area contributed by atoms with Crippen LogP contribution < -0.4 is 5.32 Å². The molecule has 2 aromatic heterocycles. The van der Waals surface area contributed by atoms with Crippen molar-refractivity contribution in [3.8, 4) is 28.6 Å². The molecule has 192 valence electrons. The molecular weight excluding hydrogens is 510 g/mol. The van der Waals surface area contributed by atoms with Gasteiger partial charge in [-0.05, 0) is 36.2 Å². The summed E-state index contributed by atoms with van der Waals surface area (Å²) in [5.74, 6) is 0.509. The number of hydrogen-bond acceptors (Lipinski definition) is 7. The van der Waals surface area contributed by atoms with Crippen LogP contribution in [0.1, 0.15) is 43.2 Å². The first kappa shape index (κ1) is 26.1. The number of thiophene rings is 1. The lowest BCUT2D eigenvalue weighted by Gasteiger charge is -2.33. The van der Waals surface area contributed by atoms with Crippen molar-refractivity contribution >= 4 is 34.0 Å². The fourth-order valence-corrected chi connectivity index (χ4v) is 6.67. The van der Waals surface area contributed by atoms with Crippen LogP contribution in [0.2, 0.25) is 0 Å². The zero-order valence-corrected chi connectivity index (χ0v) is 23.3. The van der Waals surface area contributed by atoms with Gasteiger partial charge in [0.15, 0.2) is 0 Å². The van der Waals surface area contributed by atoms with E-state index in [2.05, 4.69) is 42.4 Å². The molecule has 5 rings (SSSR count). The number of amides is 1. The van der Waals surface area contributed by atoms with Crippen molar-refractivity contribution in [3.63, 3.8) is 0 Å². The number of hydrogen-bond donors (Lipinski definition) is 1. The van der Waals surface area contributed by atoms with Crippen LogP contribution in [0, 0.1) is 22.7 Å². The number of carbonyl (C=O) groups is 1. The van der Waals surface area contributed by atoms with Crippen LogP contribution >= 0.6 is 23.1 Å². The van der Waals surface area contributed by atoms with Crippen molar-refractivity contribution in [1.29, 1.82) is 5.26 Å². The molecule has 0 saturated carbocycles. The van der Waals surface area contributed by atoms with E-state index in [1.165, 1.54) is 16.6 Å². The lowest BCUT2D eigenvalue weighted by atomic mass is 9.72. The number of benzene rings is 2. The second kappa shape index (κ2) is 11.1. The van der Waals surface area contributed by atoms with Crippen LogP contribution in [0.25, 0.3) is 22.5 Å². The molecule has 0 bridgehead atoms. The van der Waals surface area contributed by atoms with Crippen LogP contribution in [-0.2, 0) is 17.6 Å². The first-order valence-electron chi connectivity index (χ1n) is 12.7. The Bertz CT molecular complexity index is 1490. The fourth-order valence-electron chi connectivity index (χ4n) is 4.78. The number of carbonyl (C=O) groups excluding carboxylic acids is 1. The Hall–Kier alpha value is -3.54. The molecule has 0 fully saturated rings. The van der Waals surface area contributed by atoms with Crippen molar-refractivity contribution in [2.24, 2.45) is 11.3 Å². The normalized spacial score (nSPS) is 14.9. The van der Waals surface area contributed by atoms with E-state index in [-0.39, 0.29) is 17.1 Å². The van der Waals surface area contributed by atoms with E-state index in [1.54, 1.807) is 11.3 Å². The minimum Gasteiger partial charge on any atom is -0.316 e. The third-order valence-electron chi connectivity index (χ3n) is 6.95. The van der Waals surface area contributed by atoms with Crippen molar-refractivity contribution in [2.45, 2.75) is 45.2 Å². The van der Waals surface area contributed by atoms with Gasteiger partial charge in [0.2, 0.25) is 11.1 Å². The molecular formula is C30H29N5OS2. The Morgan fingerprint density at radius 1 is 1.05 bits per heavy atom. The van der Waals surface area contributed by atoms with E-state index in [0.29, 0.717) is 27.3 Å². The third-order valence-corrected chi connectivity index (χ3v) is 8.96. The van der Waals surface area contributed by atoms with Crippen LogP contribution in [0.4, 0.5) is 5.00 Å². The Kier molecular flexibility index (Phi) is 7.59. The first-order chi connectivity index (χ1) is 18.3. The SMILES string of the molecule is CC(C)(C)[C@@H]1CCc2c(sc(NC(=O)CSc3nnc(-c4ccccc4)c(-c4ccccc4)n3)c2C#N)C1.